The number of nitro groups is 1. The van der Waals surface area contributed by atoms with E-state index >= 15 is 0 Å². The highest BCUT2D eigenvalue weighted by molar-refractivity contribution is 5.46. The molecule has 0 bridgehead atoms. The first-order valence-corrected chi connectivity index (χ1v) is 7.99. The third-order valence-corrected chi connectivity index (χ3v) is 4.38. The van der Waals surface area contributed by atoms with E-state index in [9.17, 15) is 10.1 Å². The lowest BCUT2D eigenvalue weighted by Gasteiger charge is -2.36. The smallest absolute Gasteiger partial charge is 0.272 e. The van der Waals surface area contributed by atoms with Crippen molar-refractivity contribution >= 4 is 11.4 Å². The lowest BCUT2D eigenvalue weighted by atomic mass is 10.1. The highest BCUT2D eigenvalue weighted by Gasteiger charge is 2.18. The number of hydrogen-bond donors (Lipinski definition) is 0. The molecule has 0 aromatic heterocycles. The molecule has 23 heavy (non-hydrogen) atoms. The van der Waals surface area contributed by atoms with Crippen LogP contribution in [-0.2, 0) is 6.42 Å². The Morgan fingerprint density at radius 3 is 2.26 bits per heavy atom. The van der Waals surface area contributed by atoms with E-state index in [-0.39, 0.29) is 10.6 Å². The minimum absolute atomic E-state index is 0.232. The largest absolute Gasteiger partial charge is 0.369 e. The van der Waals surface area contributed by atoms with Gasteiger partial charge in [0.25, 0.3) is 5.69 Å². The molecule has 1 aliphatic heterocycles. The van der Waals surface area contributed by atoms with Crippen molar-refractivity contribution in [2.75, 3.05) is 37.6 Å². The summed E-state index contributed by atoms with van der Waals surface area (Å²) >= 11 is 0. The van der Waals surface area contributed by atoms with Crippen molar-refractivity contribution in [1.82, 2.24) is 4.90 Å². The van der Waals surface area contributed by atoms with Crippen LogP contribution < -0.4 is 4.90 Å². The molecule has 5 heteroatoms. The third kappa shape index (κ3) is 3.87. The van der Waals surface area contributed by atoms with Crippen molar-refractivity contribution in [3.63, 3.8) is 0 Å². The summed E-state index contributed by atoms with van der Waals surface area (Å²) in [6.07, 6.45) is 0.725. The Morgan fingerprint density at radius 1 is 0.913 bits per heavy atom. The molecule has 0 aliphatic carbocycles. The fourth-order valence-corrected chi connectivity index (χ4v) is 3.05. The second-order valence-electron chi connectivity index (χ2n) is 5.80. The molecular formula is C18H21N3O2. The second-order valence-corrected chi connectivity index (χ2v) is 5.80. The fourth-order valence-electron chi connectivity index (χ4n) is 3.05. The molecular weight excluding hydrogens is 290 g/mol. The highest BCUT2D eigenvalue weighted by Crippen LogP contribution is 2.19. The standard InChI is InChI=1S/C18H21N3O2/c22-21(23)18-9-5-4-6-16(18)10-11-19-12-14-20(15-13-19)17-7-2-1-3-8-17/h1-9H,10-15H2. The van der Waals surface area contributed by atoms with Crippen molar-refractivity contribution in [3.8, 4) is 0 Å². The molecule has 0 amide bonds. The summed E-state index contributed by atoms with van der Waals surface area (Å²) in [5.74, 6) is 0. The molecule has 1 fully saturated rings. The van der Waals surface area contributed by atoms with Gasteiger partial charge in [0.15, 0.2) is 0 Å². The first kappa shape index (κ1) is 15.5. The molecule has 0 N–H and O–H groups in total. The number of piperazine rings is 1. The SMILES string of the molecule is O=[N+]([O-])c1ccccc1CCN1CCN(c2ccccc2)CC1. The van der Waals surface area contributed by atoms with Crippen LogP contribution in [0.2, 0.25) is 0 Å². The van der Waals surface area contributed by atoms with E-state index in [1.54, 1.807) is 12.1 Å². The number of hydrogen-bond acceptors (Lipinski definition) is 4. The minimum atomic E-state index is -0.289. The normalized spacial score (nSPS) is 15.6. The van der Waals surface area contributed by atoms with Gasteiger partial charge in [-0.2, -0.15) is 0 Å². The van der Waals surface area contributed by atoms with Gasteiger partial charge < -0.3 is 4.90 Å². The van der Waals surface area contributed by atoms with Crippen LogP contribution in [-0.4, -0.2) is 42.5 Å². The van der Waals surface area contributed by atoms with E-state index in [1.807, 2.05) is 18.2 Å². The lowest BCUT2D eigenvalue weighted by molar-refractivity contribution is -0.385. The van der Waals surface area contributed by atoms with Crippen LogP contribution >= 0.6 is 0 Å². The first-order chi connectivity index (χ1) is 11.2. The molecule has 0 spiro atoms. The predicted octanol–water partition coefficient (Wildman–Crippen LogP) is 2.96. The van der Waals surface area contributed by atoms with Crippen molar-refractivity contribution in [3.05, 3.63) is 70.3 Å². The quantitative estimate of drug-likeness (QED) is 0.629. The number of rotatable bonds is 5. The molecule has 1 saturated heterocycles. The Hall–Kier alpha value is -2.40. The lowest BCUT2D eigenvalue weighted by Crippen LogP contribution is -2.47. The van der Waals surface area contributed by atoms with Crippen molar-refractivity contribution < 1.29 is 4.92 Å². The van der Waals surface area contributed by atoms with Gasteiger partial charge in [-0.1, -0.05) is 36.4 Å². The molecule has 2 aromatic carbocycles. The van der Waals surface area contributed by atoms with Gasteiger partial charge in [0.05, 0.1) is 4.92 Å². The minimum Gasteiger partial charge on any atom is -0.369 e. The third-order valence-electron chi connectivity index (χ3n) is 4.38. The second kappa shape index (κ2) is 7.24. The van der Waals surface area contributed by atoms with E-state index < -0.39 is 0 Å². The monoisotopic (exact) mass is 311 g/mol. The van der Waals surface area contributed by atoms with E-state index in [0.717, 1.165) is 44.7 Å². The summed E-state index contributed by atoms with van der Waals surface area (Å²) in [5, 5.41) is 11.1. The number of benzene rings is 2. The van der Waals surface area contributed by atoms with E-state index in [0.29, 0.717) is 0 Å². The maximum Gasteiger partial charge on any atom is 0.272 e. The Bertz CT molecular complexity index is 652. The summed E-state index contributed by atoms with van der Waals surface area (Å²) in [5.41, 5.74) is 2.32. The zero-order chi connectivity index (χ0) is 16.1. The highest BCUT2D eigenvalue weighted by atomic mass is 16.6. The molecule has 0 saturated carbocycles. The summed E-state index contributed by atoms with van der Waals surface area (Å²) < 4.78 is 0. The summed E-state index contributed by atoms with van der Waals surface area (Å²) in [6, 6.07) is 17.5. The molecule has 2 aromatic rings. The van der Waals surface area contributed by atoms with Gasteiger partial charge in [0.2, 0.25) is 0 Å². The summed E-state index contributed by atoms with van der Waals surface area (Å²) in [4.78, 5) is 15.5. The van der Waals surface area contributed by atoms with Gasteiger partial charge in [-0.05, 0) is 18.6 Å². The van der Waals surface area contributed by atoms with Crippen molar-refractivity contribution in [2.45, 2.75) is 6.42 Å². The number of anilines is 1. The molecule has 120 valence electrons. The van der Waals surface area contributed by atoms with E-state index in [1.165, 1.54) is 5.69 Å². The Kier molecular flexibility index (Phi) is 4.88. The molecule has 1 heterocycles. The maximum atomic E-state index is 11.1. The van der Waals surface area contributed by atoms with E-state index in [2.05, 4.69) is 34.1 Å². The van der Waals surface area contributed by atoms with Crippen LogP contribution in [0.25, 0.3) is 0 Å². The Morgan fingerprint density at radius 2 is 1.57 bits per heavy atom. The first-order valence-electron chi connectivity index (χ1n) is 7.99. The summed E-state index contributed by atoms with van der Waals surface area (Å²) in [6.45, 7) is 4.86. The average molecular weight is 311 g/mol. The number of nitrogens with zero attached hydrogens (tertiary/aromatic N) is 3. The maximum absolute atomic E-state index is 11.1. The van der Waals surface area contributed by atoms with Crippen molar-refractivity contribution in [1.29, 1.82) is 0 Å². The van der Waals surface area contributed by atoms with Crippen molar-refractivity contribution in [2.24, 2.45) is 0 Å². The van der Waals surface area contributed by atoms with Gasteiger partial charge in [-0.3, -0.25) is 15.0 Å². The zero-order valence-corrected chi connectivity index (χ0v) is 13.1. The van der Waals surface area contributed by atoms with Crippen LogP contribution in [0.4, 0.5) is 11.4 Å². The molecule has 0 atom stereocenters. The molecule has 1 aliphatic rings. The van der Waals surface area contributed by atoms with Crippen LogP contribution in [0.1, 0.15) is 5.56 Å². The summed E-state index contributed by atoms with van der Waals surface area (Å²) in [7, 11) is 0. The van der Waals surface area contributed by atoms with E-state index in [4.69, 9.17) is 0 Å². The number of para-hydroxylation sites is 2. The van der Waals surface area contributed by atoms with Crippen LogP contribution in [0.3, 0.4) is 0 Å². The number of nitro benzene ring substituents is 1. The fraction of sp³-hybridized carbons (Fsp3) is 0.333. The van der Waals surface area contributed by atoms with Crippen LogP contribution in [0.15, 0.2) is 54.6 Å². The topological polar surface area (TPSA) is 49.6 Å². The van der Waals surface area contributed by atoms with Gasteiger partial charge in [-0.15, -0.1) is 0 Å². The predicted molar refractivity (Wildman–Crippen MR) is 91.9 cm³/mol. The molecule has 5 nitrogen and oxygen atoms in total. The van der Waals surface area contributed by atoms with Crippen LogP contribution in [0.5, 0.6) is 0 Å². The Labute approximate surface area is 136 Å². The Balaban J connectivity index is 1.53. The van der Waals surface area contributed by atoms with Gasteiger partial charge >= 0.3 is 0 Å². The molecule has 0 radical (unpaired) electrons. The van der Waals surface area contributed by atoms with Gasteiger partial charge in [-0.25, -0.2) is 0 Å². The van der Waals surface area contributed by atoms with Gasteiger partial charge in [0.1, 0.15) is 0 Å². The van der Waals surface area contributed by atoms with Crippen LogP contribution in [0, 0.1) is 10.1 Å². The average Bonchev–Trinajstić information content (AvgIpc) is 2.61. The molecule has 0 unspecified atom stereocenters. The zero-order valence-electron chi connectivity index (χ0n) is 13.1. The van der Waals surface area contributed by atoms with Gasteiger partial charge in [0, 0.05) is 50.0 Å². The molecule has 3 rings (SSSR count).